The third-order valence-corrected chi connectivity index (χ3v) is 5.16. The highest BCUT2D eigenvalue weighted by Gasteiger charge is 2.27. The Kier molecular flexibility index (Phi) is 5.56. The van der Waals surface area contributed by atoms with Gasteiger partial charge in [-0.25, -0.2) is 4.39 Å². The van der Waals surface area contributed by atoms with Gasteiger partial charge in [-0.2, -0.15) is 0 Å². The summed E-state index contributed by atoms with van der Waals surface area (Å²) in [6, 6.07) is 15.8. The summed E-state index contributed by atoms with van der Waals surface area (Å²) in [6.07, 6.45) is 1.57. The number of anilines is 2. The molecule has 4 rings (SSSR count). The summed E-state index contributed by atoms with van der Waals surface area (Å²) >= 11 is 0. The third-order valence-electron chi connectivity index (χ3n) is 5.16. The van der Waals surface area contributed by atoms with Crippen molar-refractivity contribution < 1.29 is 9.18 Å². The summed E-state index contributed by atoms with van der Waals surface area (Å²) in [5.74, 6) is -0.515. The molecule has 0 fully saturated rings. The molecule has 1 aliphatic heterocycles. The Morgan fingerprint density at radius 1 is 1.10 bits per heavy atom. The van der Waals surface area contributed by atoms with Crippen molar-refractivity contribution >= 4 is 17.5 Å². The maximum absolute atomic E-state index is 13.2. The van der Waals surface area contributed by atoms with Gasteiger partial charge in [-0.3, -0.25) is 14.2 Å². The molecular formula is C22H22FN5O2. The maximum atomic E-state index is 13.2. The van der Waals surface area contributed by atoms with Crippen molar-refractivity contribution in [3.63, 3.8) is 0 Å². The Morgan fingerprint density at radius 3 is 2.57 bits per heavy atom. The van der Waals surface area contributed by atoms with E-state index in [0.29, 0.717) is 24.7 Å². The summed E-state index contributed by atoms with van der Waals surface area (Å²) in [4.78, 5) is 27.2. The highest BCUT2D eigenvalue weighted by Crippen LogP contribution is 2.26. The first-order valence-electron chi connectivity index (χ1n) is 9.88. The highest BCUT2D eigenvalue weighted by molar-refractivity contribution is 5.92. The molecule has 0 spiro atoms. The summed E-state index contributed by atoms with van der Waals surface area (Å²) < 4.78 is 14.6. The minimum absolute atomic E-state index is 0.118. The van der Waals surface area contributed by atoms with Crippen LogP contribution in [0.4, 0.5) is 16.0 Å². The van der Waals surface area contributed by atoms with Crippen LogP contribution in [0.2, 0.25) is 0 Å². The molecule has 1 aromatic heterocycles. The average molecular weight is 407 g/mol. The molecule has 1 N–H and O–H groups in total. The number of carbonyl (C=O) groups excluding carboxylic acids is 1. The zero-order valence-corrected chi connectivity index (χ0v) is 16.6. The zero-order chi connectivity index (χ0) is 21.1. The molecular weight excluding hydrogens is 385 g/mol. The molecule has 1 aliphatic rings. The molecule has 0 unspecified atom stereocenters. The van der Waals surface area contributed by atoms with Crippen LogP contribution >= 0.6 is 0 Å². The summed E-state index contributed by atoms with van der Waals surface area (Å²) in [7, 11) is 0. The lowest BCUT2D eigenvalue weighted by Gasteiger charge is -2.17. The Morgan fingerprint density at radius 2 is 1.83 bits per heavy atom. The number of carbonyl (C=O) groups is 1. The number of rotatable bonds is 6. The molecule has 1 amide bonds. The van der Waals surface area contributed by atoms with Crippen molar-refractivity contribution in [2.45, 2.75) is 32.4 Å². The van der Waals surface area contributed by atoms with Crippen molar-refractivity contribution in [2.75, 3.05) is 11.4 Å². The Labute approximate surface area is 173 Å². The summed E-state index contributed by atoms with van der Waals surface area (Å²) in [6.45, 7) is 2.77. The minimum Gasteiger partial charge on any atom is -0.348 e. The topological polar surface area (TPSA) is 80.1 Å². The van der Waals surface area contributed by atoms with E-state index >= 15 is 0 Å². The fraction of sp³-hybridized carbons (Fsp3) is 0.273. The molecule has 0 saturated heterocycles. The van der Waals surface area contributed by atoms with E-state index in [9.17, 15) is 14.0 Å². The largest absolute Gasteiger partial charge is 0.348 e. The number of nitrogens with one attached hydrogen (secondary N) is 1. The van der Waals surface area contributed by atoms with E-state index in [2.05, 4.69) is 15.5 Å². The van der Waals surface area contributed by atoms with E-state index < -0.39 is 11.5 Å². The van der Waals surface area contributed by atoms with Gasteiger partial charge in [-0.05, 0) is 49.6 Å². The second-order valence-corrected chi connectivity index (χ2v) is 7.33. The molecule has 0 aliphatic carbocycles. The van der Waals surface area contributed by atoms with Gasteiger partial charge in [0.25, 0.3) is 11.5 Å². The van der Waals surface area contributed by atoms with Gasteiger partial charge in [0.15, 0.2) is 0 Å². The van der Waals surface area contributed by atoms with Crippen LogP contribution in [0.15, 0.2) is 59.4 Å². The maximum Gasteiger partial charge on any atom is 0.286 e. The van der Waals surface area contributed by atoms with Crippen molar-refractivity contribution in [3.8, 4) is 0 Å². The van der Waals surface area contributed by atoms with Crippen LogP contribution in [0, 0.1) is 5.82 Å². The number of hydrogen-bond acceptors (Lipinski definition) is 5. The predicted molar refractivity (Wildman–Crippen MR) is 111 cm³/mol. The van der Waals surface area contributed by atoms with Gasteiger partial charge in [0.05, 0.1) is 0 Å². The standard InChI is InChI=1S/C22H22FN5O2/c1-15(7-8-16-5-3-2-4-6-16)24-20(29)19-21(30)28-14-13-27(22(28)26-25-19)18-11-9-17(23)10-12-18/h2-6,9-12,15H,7-8,13-14H2,1H3,(H,24,29)/t15-/m0/s1. The first-order chi connectivity index (χ1) is 14.5. The molecule has 1 atom stereocenters. The van der Waals surface area contributed by atoms with Gasteiger partial charge >= 0.3 is 0 Å². The number of aryl methyl sites for hydroxylation is 1. The smallest absolute Gasteiger partial charge is 0.286 e. The number of halogens is 1. The van der Waals surface area contributed by atoms with Crippen LogP contribution in [0.1, 0.15) is 29.4 Å². The van der Waals surface area contributed by atoms with E-state index in [0.717, 1.165) is 12.8 Å². The van der Waals surface area contributed by atoms with Crippen molar-refractivity contribution in [1.29, 1.82) is 0 Å². The van der Waals surface area contributed by atoms with Gasteiger partial charge in [0, 0.05) is 24.8 Å². The molecule has 154 valence electrons. The molecule has 0 saturated carbocycles. The third kappa shape index (κ3) is 4.07. The van der Waals surface area contributed by atoms with Crippen LogP contribution < -0.4 is 15.8 Å². The van der Waals surface area contributed by atoms with Crippen LogP contribution in [0.3, 0.4) is 0 Å². The van der Waals surface area contributed by atoms with E-state index in [-0.39, 0.29) is 17.6 Å². The first-order valence-corrected chi connectivity index (χ1v) is 9.88. The SMILES string of the molecule is C[C@@H](CCc1ccccc1)NC(=O)c1nnc2n(c1=O)CCN2c1ccc(F)cc1. The molecule has 3 aromatic rings. The van der Waals surface area contributed by atoms with Gasteiger partial charge in [0.2, 0.25) is 11.6 Å². The van der Waals surface area contributed by atoms with E-state index in [1.165, 1.54) is 22.3 Å². The van der Waals surface area contributed by atoms with Crippen molar-refractivity contribution in [2.24, 2.45) is 0 Å². The fourth-order valence-corrected chi connectivity index (χ4v) is 3.51. The predicted octanol–water partition coefficient (Wildman–Crippen LogP) is 2.68. The molecule has 2 heterocycles. The quantitative estimate of drug-likeness (QED) is 0.680. The van der Waals surface area contributed by atoms with Gasteiger partial charge in [-0.1, -0.05) is 30.3 Å². The number of aromatic nitrogens is 3. The molecule has 0 bridgehead atoms. The molecule has 0 radical (unpaired) electrons. The lowest BCUT2D eigenvalue weighted by molar-refractivity contribution is 0.0930. The number of benzene rings is 2. The lowest BCUT2D eigenvalue weighted by Crippen LogP contribution is -2.39. The fourth-order valence-electron chi connectivity index (χ4n) is 3.51. The molecule has 30 heavy (non-hydrogen) atoms. The second-order valence-electron chi connectivity index (χ2n) is 7.33. The van der Waals surface area contributed by atoms with Gasteiger partial charge in [-0.15, -0.1) is 10.2 Å². The van der Waals surface area contributed by atoms with Crippen LogP contribution in [0.5, 0.6) is 0 Å². The Bertz CT molecular complexity index is 1100. The minimum atomic E-state index is -0.524. The van der Waals surface area contributed by atoms with Gasteiger partial charge in [0.1, 0.15) is 5.82 Å². The molecule has 2 aromatic carbocycles. The summed E-state index contributed by atoms with van der Waals surface area (Å²) in [5.41, 5.74) is 1.21. The van der Waals surface area contributed by atoms with Crippen molar-refractivity contribution in [1.82, 2.24) is 20.1 Å². The van der Waals surface area contributed by atoms with Crippen molar-refractivity contribution in [3.05, 3.63) is 82.0 Å². The monoisotopic (exact) mass is 407 g/mol. The number of amides is 1. The number of fused-ring (bicyclic) bond motifs is 1. The molecule has 7 nitrogen and oxygen atoms in total. The lowest BCUT2D eigenvalue weighted by atomic mass is 10.1. The normalized spacial score (nSPS) is 13.7. The average Bonchev–Trinajstić information content (AvgIpc) is 3.19. The molecule has 8 heteroatoms. The second kappa shape index (κ2) is 8.44. The number of hydrogen-bond donors (Lipinski definition) is 1. The Balaban J connectivity index is 1.46. The highest BCUT2D eigenvalue weighted by atomic mass is 19.1. The van der Waals surface area contributed by atoms with Gasteiger partial charge < -0.3 is 10.2 Å². The van der Waals surface area contributed by atoms with E-state index in [4.69, 9.17) is 0 Å². The van der Waals surface area contributed by atoms with Crippen LogP contribution in [-0.2, 0) is 13.0 Å². The van der Waals surface area contributed by atoms with Crippen LogP contribution in [-0.4, -0.2) is 33.3 Å². The van der Waals surface area contributed by atoms with E-state index in [1.54, 1.807) is 17.0 Å². The van der Waals surface area contributed by atoms with Crippen LogP contribution in [0.25, 0.3) is 0 Å². The first kappa shape index (κ1) is 19.8. The summed E-state index contributed by atoms with van der Waals surface area (Å²) in [5, 5.41) is 10.8. The number of nitrogens with zero attached hydrogens (tertiary/aromatic N) is 4. The Hall–Kier alpha value is -3.55. The van der Waals surface area contributed by atoms with E-state index in [1.807, 2.05) is 37.3 Å². The zero-order valence-electron chi connectivity index (χ0n) is 16.6.